The molecule has 2 N–H and O–H groups in total. The second kappa shape index (κ2) is 10.1. The van der Waals surface area contributed by atoms with Crippen LogP contribution in [-0.4, -0.2) is 51.9 Å². The molecule has 0 spiro atoms. The summed E-state index contributed by atoms with van der Waals surface area (Å²) in [4.78, 5) is 15.1. The maximum Gasteiger partial charge on any atom is 0.253 e. The van der Waals surface area contributed by atoms with E-state index in [1.807, 2.05) is 11.9 Å². The van der Waals surface area contributed by atoms with Crippen LogP contribution in [0, 0.1) is 12.8 Å². The minimum absolute atomic E-state index is 0. The highest BCUT2D eigenvalue weighted by Crippen LogP contribution is 2.24. The van der Waals surface area contributed by atoms with Crippen molar-refractivity contribution in [3.63, 3.8) is 0 Å². The lowest BCUT2D eigenvalue weighted by molar-refractivity contribution is 0.0674. The van der Waals surface area contributed by atoms with Crippen molar-refractivity contribution >= 4 is 28.3 Å². The maximum atomic E-state index is 13.0. The number of aryl methyl sites for hydroxylation is 1. The largest absolute Gasteiger partial charge is 0.338 e. The zero-order valence-corrected chi connectivity index (χ0v) is 18.4. The van der Waals surface area contributed by atoms with Crippen molar-refractivity contribution in [1.82, 2.24) is 14.9 Å². The Morgan fingerprint density at radius 3 is 2.57 bits per heavy atom. The van der Waals surface area contributed by atoms with E-state index in [0.717, 1.165) is 58.2 Å². The van der Waals surface area contributed by atoms with Crippen LogP contribution < -0.4 is 10.0 Å². The number of halogens is 1. The Hall–Kier alpha value is -1.15. The number of carbonyl (C=O) groups is 1. The van der Waals surface area contributed by atoms with Crippen molar-refractivity contribution in [3.05, 3.63) is 29.3 Å². The van der Waals surface area contributed by atoms with Crippen LogP contribution in [0.3, 0.4) is 0 Å². The lowest BCUT2D eigenvalue weighted by Crippen LogP contribution is -2.42. The summed E-state index contributed by atoms with van der Waals surface area (Å²) in [5.41, 5.74) is 1.13. The van der Waals surface area contributed by atoms with Crippen LogP contribution in [0.15, 0.2) is 23.1 Å². The molecule has 2 fully saturated rings. The first-order chi connectivity index (χ1) is 12.9. The number of sulfonamides is 1. The van der Waals surface area contributed by atoms with Crippen LogP contribution in [0.25, 0.3) is 0 Å². The Morgan fingerprint density at radius 1 is 1.18 bits per heavy atom. The number of piperidine rings is 1. The molecule has 0 bridgehead atoms. The number of hydrogen-bond donors (Lipinski definition) is 2. The van der Waals surface area contributed by atoms with Gasteiger partial charge in [-0.1, -0.05) is 18.9 Å². The number of nitrogens with one attached hydrogen (secondary N) is 2. The SMILES string of the molecule is CNCC1CCCN(C(=O)c2ccc(C)c(S(=O)(=O)NC3CCCC3)c2)C1.Cl. The third-order valence-corrected chi connectivity index (χ3v) is 7.36. The monoisotopic (exact) mass is 429 g/mol. The molecule has 8 heteroatoms. The highest BCUT2D eigenvalue weighted by Gasteiger charge is 2.27. The summed E-state index contributed by atoms with van der Waals surface area (Å²) in [5.74, 6) is 0.374. The highest BCUT2D eigenvalue weighted by molar-refractivity contribution is 7.89. The average Bonchev–Trinajstić information content (AvgIpc) is 3.14. The topological polar surface area (TPSA) is 78.5 Å². The summed E-state index contributed by atoms with van der Waals surface area (Å²) in [6, 6.07) is 5.05. The van der Waals surface area contributed by atoms with E-state index in [-0.39, 0.29) is 29.3 Å². The van der Waals surface area contributed by atoms with Gasteiger partial charge in [0.05, 0.1) is 4.90 Å². The van der Waals surface area contributed by atoms with E-state index in [1.165, 1.54) is 0 Å². The van der Waals surface area contributed by atoms with Crippen molar-refractivity contribution in [2.75, 3.05) is 26.7 Å². The Morgan fingerprint density at radius 2 is 1.89 bits per heavy atom. The van der Waals surface area contributed by atoms with Crippen LogP contribution in [0.4, 0.5) is 0 Å². The summed E-state index contributed by atoms with van der Waals surface area (Å²) in [6.45, 7) is 4.12. The van der Waals surface area contributed by atoms with Crippen molar-refractivity contribution in [1.29, 1.82) is 0 Å². The third kappa shape index (κ3) is 5.47. The van der Waals surface area contributed by atoms with Crippen LogP contribution in [0.1, 0.15) is 54.4 Å². The van der Waals surface area contributed by atoms with E-state index in [0.29, 0.717) is 17.0 Å². The average molecular weight is 430 g/mol. The molecule has 158 valence electrons. The molecular weight excluding hydrogens is 398 g/mol. The van der Waals surface area contributed by atoms with Gasteiger partial charge in [0.1, 0.15) is 0 Å². The van der Waals surface area contributed by atoms with E-state index in [2.05, 4.69) is 10.0 Å². The quantitative estimate of drug-likeness (QED) is 0.728. The highest BCUT2D eigenvalue weighted by atomic mass is 35.5. The van der Waals surface area contributed by atoms with Gasteiger partial charge in [-0.05, 0) is 69.8 Å². The molecule has 0 radical (unpaired) electrons. The fraction of sp³-hybridized carbons (Fsp3) is 0.650. The van der Waals surface area contributed by atoms with Crippen molar-refractivity contribution in [2.45, 2.75) is 56.4 Å². The number of amides is 1. The van der Waals surface area contributed by atoms with Gasteiger partial charge in [0.2, 0.25) is 10.0 Å². The van der Waals surface area contributed by atoms with E-state index in [1.54, 1.807) is 25.1 Å². The molecule has 3 rings (SSSR count). The fourth-order valence-electron chi connectivity index (χ4n) is 4.24. The van der Waals surface area contributed by atoms with Gasteiger partial charge in [-0.15, -0.1) is 12.4 Å². The lowest BCUT2D eigenvalue weighted by Gasteiger charge is -2.33. The van der Waals surface area contributed by atoms with Crippen LogP contribution in [0.2, 0.25) is 0 Å². The normalized spacial score (nSPS) is 20.8. The fourth-order valence-corrected chi connectivity index (χ4v) is 5.81. The molecule has 1 aromatic carbocycles. The zero-order valence-electron chi connectivity index (χ0n) is 16.7. The zero-order chi connectivity index (χ0) is 19.4. The molecule has 1 aliphatic heterocycles. The summed E-state index contributed by atoms with van der Waals surface area (Å²) < 4.78 is 28.5. The summed E-state index contributed by atoms with van der Waals surface area (Å²) >= 11 is 0. The molecule has 1 saturated carbocycles. The molecular formula is C20H32ClN3O3S. The van der Waals surface area contributed by atoms with Gasteiger partial charge in [-0.2, -0.15) is 0 Å². The Balaban J connectivity index is 0.00000280. The van der Waals surface area contributed by atoms with Gasteiger partial charge in [0, 0.05) is 24.7 Å². The van der Waals surface area contributed by atoms with Gasteiger partial charge < -0.3 is 10.2 Å². The van der Waals surface area contributed by atoms with E-state index in [9.17, 15) is 13.2 Å². The molecule has 1 atom stereocenters. The van der Waals surface area contributed by atoms with Crippen molar-refractivity contribution in [3.8, 4) is 0 Å². The van der Waals surface area contributed by atoms with Gasteiger partial charge in [-0.3, -0.25) is 4.79 Å². The molecule has 1 aliphatic carbocycles. The first kappa shape index (κ1) is 23.1. The van der Waals surface area contributed by atoms with Crippen LogP contribution >= 0.6 is 12.4 Å². The predicted octanol–water partition coefficient (Wildman–Crippen LogP) is 2.71. The van der Waals surface area contributed by atoms with Crippen molar-refractivity contribution < 1.29 is 13.2 Å². The minimum Gasteiger partial charge on any atom is -0.338 e. The van der Waals surface area contributed by atoms with Crippen LogP contribution in [0.5, 0.6) is 0 Å². The number of likely N-dealkylation sites (tertiary alicyclic amines) is 1. The molecule has 28 heavy (non-hydrogen) atoms. The summed E-state index contributed by atoms with van der Waals surface area (Å²) in [6.07, 6.45) is 6.00. The third-order valence-electron chi connectivity index (χ3n) is 5.70. The Kier molecular flexibility index (Phi) is 8.30. The predicted molar refractivity (Wildman–Crippen MR) is 114 cm³/mol. The molecule has 1 saturated heterocycles. The van der Waals surface area contributed by atoms with Gasteiger partial charge in [-0.25, -0.2) is 13.1 Å². The Bertz CT molecular complexity index is 777. The molecule has 0 aromatic heterocycles. The maximum absolute atomic E-state index is 13.0. The number of carbonyl (C=O) groups excluding carboxylic acids is 1. The summed E-state index contributed by atoms with van der Waals surface area (Å²) in [7, 11) is -1.69. The minimum atomic E-state index is -3.61. The van der Waals surface area contributed by atoms with Crippen molar-refractivity contribution in [2.24, 2.45) is 5.92 Å². The molecule has 1 aromatic rings. The molecule has 6 nitrogen and oxygen atoms in total. The second-order valence-electron chi connectivity index (χ2n) is 7.90. The van der Waals surface area contributed by atoms with Gasteiger partial charge >= 0.3 is 0 Å². The van der Waals surface area contributed by atoms with E-state index in [4.69, 9.17) is 0 Å². The molecule has 1 unspecified atom stereocenters. The van der Waals surface area contributed by atoms with Crippen LogP contribution in [-0.2, 0) is 10.0 Å². The standard InChI is InChI=1S/C20H31N3O3S.ClH/c1-15-9-10-17(20(24)23-11-5-6-16(14-23)13-21-2)12-19(15)27(25,26)22-18-7-3-4-8-18;/h9-10,12,16,18,21-22H,3-8,11,13-14H2,1-2H3;1H. The first-order valence-corrected chi connectivity index (χ1v) is 11.5. The number of benzene rings is 1. The Labute approximate surface area is 174 Å². The van der Waals surface area contributed by atoms with Gasteiger partial charge in [0.15, 0.2) is 0 Å². The number of nitrogens with zero attached hydrogens (tertiary/aromatic N) is 1. The molecule has 1 heterocycles. The number of rotatable bonds is 6. The molecule has 1 amide bonds. The van der Waals surface area contributed by atoms with E-state index >= 15 is 0 Å². The first-order valence-electron chi connectivity index (χ1n) is 9.97. The van der Waals surface area contributed by atoms with Gasteiger partial charge in [0.25, 0.3) is 5.91 Å². The smallest absolute Gasteiger partial charge is 0.253 e. The second-order valence-corrected chi connectivity index (χ2v) is 9.58. The molecule has 2 aliphatic rings. The van der Waals surface area contributed by atoms with E-state index < -0.39 is 10.0 Å². The number of hydrogen-bond acceptors (Lipinski definition) is 4. The summed E-state index contributed by atoms with van der Waals surface area (Å²) in [5, 5.41) is 3.18. The lowest BCUT2D eigenvalue weighted by atomic mass is 9.97.